The standard InChI is InChI=1S/C16H23ClN2O2/c1-16(9-3-4-14(16)18)15(20)19(2)10-11-21-13-7-5-12(17)6-8-13/h5-8,14H,3-4,9-11,18H2,1-2H3. The Kier molecular flexibility index (Phi) is 5.12. The first-order chi connectivity index (χ1) is 9.93. The molecule has 0 heterocycles. The summed E-state index contributed by atoms with van der Waals surface area (Å²) in [5.41, 5.74) is 5.67. The molecule has 116 valence electrons. The van der Waals surface area contributed by atoms with Gasteiger partial charge >= 0.3 is 0 Å². The zero-order valence-electron chi connectivity index (χ0n) is 12.6. The van der Waals surface area contributed by atoms with Crippen molar-refractivity contribution >= 4 is 17.5 Å². The van der Waals surface area contributed by atoms with Crippen LogP contribution in [0.5, 0.6) is 5.75 Å². The number of halogens is 1. The van der Waals surface area contributed by atoms with Crippen LogP contribution in [0.1, 0.15) is 26.2 Å². The van der Waals surface area contributed by atoms with Gasteiger partial charge in [-0.25, -0.2) is 0 Å². The number of hydrogen-bond donors (Lipinski definition) is 1. The topological polar surface area (TPSA) is 55.6 Å². The minimum atomic E-state index is -0.422. The van der Waals surface area contributed by atoms with Gasteiger partial charge in [-0.3, -0.25) is 4.79 Å². The lowest BCUT2D eigenvalue weighted by Gasteiger charge is -2.32. The normalized spacial score (nSPS) is 24.9. The molecule has 2 rings (SSSR count). The first-order valence-electron chi connectivity index (χ1n) is 7.33. The molecule has 1 saturated carbocycles. The number of amides is 1. The van der Waals surface area contributed by atoms with Crippen LogP contribution in [0.25, 0.3) is 0 Å². The summed E-state index contributed by atoms with van der Waals surface area (Å²) >= 11 is 5.82. The van der Waals surface area contributed by atoms with Gasteiger partial charge in [0.1, 0.15) is 12.4 Å². The van der Waals surface area contributed by atoms with Crippen molar-refractivity contribution in [3.8, 4) is 5.75 Å². The maximum absolute atomic E-state index is 12.5. The number of hydrogen-bond acceptors (Lipinski definition) is 3. The molecule has 1 aromatic carbocycles. The molecule has 0 bridgehead atoms. The second-order valence-corrected chi connectivity index (χ2v) is 6.38. The molecule has 1 aliphatic carbocycles. The van der Waals surface area contributed by atoms with Crippen molar-refractivity contribution in [2.75, 3.05) is 20.2 Å². The third-order valence-electron chi connectivity index (χ3n) is 4.37. The fraction of sp³-hybridized carbons (Fsp3) is 0.562. The number of rotatable bonds is 5. The van der Waals surface area contributed by atoms with E-state index in [4.69, 9.17) is 22.1 Å². The van der Waals surface area contributed by atoms with Crippen LogP contribution in [-0.2, 0) is 4.79 Å². The van der Waals surface area contributed by atoms with E-state index >= 15 is 0 Å². The Labute approximate surface area is 131 Å². The van der Waals surface area contributed by atoms with Crippen LogP contribution < -0.4 is 10.5 Å². The summed E-state index contributed by atoms with van der Waals surface area (Å²) in [5, 5.41) is 0.679. The zero-order valence-corrected chi connectivity index (χ0v) is 13.4. The summed E-state index contributed by atoms with van der Waals surface area (Å²) < 4.78 is 5.62. The Morgan fingerprint density at radius 1 is 1.48 bits per heavy atom. The summed E-state index contributed by atoms with van der Waals surface area (Å²) in [6, 6.07) is 7.16. The SMILES string of the molecule is CN(CCOc1ccc(Cl)cc1)C(=O)C1(C)CCCC1N. The summed E-state index contributed by atoms with van der Waals surface area (Å²) in [6.07, 6.45) is 2.82. The van der Waals surface area contributed by atoms with Gasteiger partial charge in [0.2, 0.25) is 5.91 Å². The molecule has 21 heavy (non-hydrogen) atoms. The van der Waals surface area contributed by atoms with E-state index in [0.29, 0.717) is 18.2 Å². The van der Waals surface area contributed by atoms with Gasteiger partial charge in [0.05, 0.1) is 12.0 Å². The monoisotopic (exact) mass is 310 g/mol. The van der Waals surface area contributed by atoms with E-state index in [1.807, 2.05) is 26.1 Å². The van der Waals surface area contributed by atoms with E-state index in [1.165, 1.54) is 0 Å². The molecule has 0 aliphatic heterocycles. The van der Waals surface area contributed by atoms with Crippen LogP contribution in [0.3, 0.4) is 0 Å². The molecule has 0 aromatic heterocycles. The third kappa shape index (κ3) is 3.69. The fourth-order valence-electron chi connectivity index (χ4n) is 2.83. The number of likely N-dealkylation sites (N-methyl/N-ethyl adjacent to an activating group) is 1. The van der Waals surface area contributed by atoms with Gasteiger partial charge < -0.3 is 15.4 Å². The van der Waals surface area contributed by atoms with E-state index in [2.05, 4.69) is 0 Å². The number of benzene rings is 1. The van der Waals surface area contributed by atoms with Crippen molar-refractivity contribution < 1.29 is 9.53 Å². The number of nitrogens with two attached hydrogens (primary N) is 1. The van der Waals surface area contributed by atoms with Crippen LogP contribution in [0.2, 0.25) is 5.02 Å². The largest absolute Gasteiger partial charge is 0.492 e. The molecule has 5 heteroatoms. The van der Waals surface area contributed by atoms with Gasteiger partial charge in [-0.2, -0.15) is 0 Å². The molecule has 0 radical (unpaired) electrons. The minimum Gasteiger partial charge on any atom is -0.492 e. The Bertz CT molecular complexity index is 492. The molecule has 1 aliphatic rings. The summed E-state index contributed by atoms with van der Waals surface area (Å²) in [7, 11) is 1.81. The third-order valence-corrected chi connectivity index (χ3v) is 4.63. The summed E-state index contributed by atoms with van der Waals surface area (Å²) in [6.45, 7) is 2.97. The molecular formula is C16H23ClN2O2. The fourth-order valence-corrected chi connectivity index (χ4v) is 2.95. The van der Waals surface area contributed by atoms with Gasteiger partial charge in [-0.05, 0) is 44.0 Å². The molecule has 2 unspecified atom stereocenters. The Hall–Kier alpha value is -1.26. The maximum atomic E-state index is 12.5. The van der Waals surface area contributed by atoms with Crippen LogP contribution in [0, 0.1) is 5.41 Å². The van der Waals surface area contributed by atoms with Crippen LogP contribution >= 0.6 is 11.6 Å². The van der Waals surface area contributed by atoms with E-state index in [0.717, 1.165) is 25.0 Å². The predicted molar refractivity (Wildman–Crippen MR) is 84.5 cm³/mol. The van der Waals surface area contributed by atoms with Crippen LogP contribution in [-0.4, -0.2) is 37.0 Å². The molecule has 0 spiro atoms. The first-order valence-corrected chi connectivity index (χ1v) is 7.71. The molecule has 1 aromatic rings. The van der Waals surface area contributed by atoms with Crippen molar-refractivity contribution in [3.63, 3.8) is 0 Å². The lowest BCUT2D eigenvalue weighted by molar-refractivity contribution is -0.140. The highest BCUT2D eigenvalue weighted by atomic mass is 35.5. The number of carbonyl (C=O) groups excluding carboxylic acids is 1. The number of carbonyl (C=O) groups is 1. The summed E-state index contributed by atoms with van der Waals surface area (Å²) in [4.78, 5) is 14.3. The highest BCUT2D eigenvalue weighted by Gasteiger charge is 2.44. The van der Waals surface area contributed by atoms with Gasteiger partial charge in [0.15, 0.2) is 0 Å². The van der Waals surface area contributed by atoms with Crippen LogP contribution in [0.15, 0.2) is 24.3 Å². The summed E-state index contributed by atoms with van der Waals surface area (Å²) in [5.74, 6) is 0.872. The average molecular weight is 311 g/mol. The van der Waals surface area contributed by atoms with Gasteiger partial charge in [0.25, 0.3) is 0 Å². The lowest BCUT2D eigenvalue weighted by atomic mass is 9.83. The predicted octanol–water partition coefficient (Wildman–Crippen LogP) is 2.69. The second-order valence-electron chi connectivity index (χ2n) is 5.95. The van der Waals surface area contributed by atoms with E-state index in [1.54, 1.807) is 17.0 Å². The maximum Gasteiger partial charge on any atom is 0.229 e. The average Bonchev–Trinajstić information content (AvgIpc) is 2.81. The lowest BCUT2D eigenvalue weighted by Crippen LogP contribution is -2.48. The van der Waals surface area contributed by atoms with Gasteiger partial charge in [-0.15, -0.1) is 0 Å². The second kappa shape index (κ2) is 6.67. The molecule has 2 atom stereocenters. The molecular weight excluding hydrogens is 288 g/mol. The zero-order chi connectivity index (χ0) is 15.5. The van der Waals surface area contributed by atoms with Crippen molar-refractivity contribution in [2.24, 2.45) is 11.1 Å². The van der Waals surface area contributed by atoms with E-state index < -0.39 is 5.41 Å². The van der Waals surface area contributed by atoms with Gasteiger partial charge in [0, 0.05) is 18.1 Å². The van der Waals surface area contributed by atoms with Crippen molar-refractivity contribution in [3.05, 3.63) is 29.3 Å². The Morgan fingerprint density at radius 3 is 2.71 bits per heavy atom. The van der Waals surface area contributed by atoms with E-state index in [-0.39, 0.29) is 11.9 Å². The molecule has 4 nitrogen and oxygen atoms in total. The minimum absolute atomic E-state index is 0.0374. The highest BCUT2D eigenvalue weighted by molar-refractivity contribution is 6.30. The molecule has 0 saturated heterocycles. The first kappa shape index (κ1) is 16.1. The molecule has 1 fully saturated rings. The highest BCUT2D eigenvalue weighted by Crippen LogP contribution is 2.38. The van der Waals surface area contributed by atoms with E-state index in [9.17, 15) is 4.79 Å². The van der Waals surface area contributed by atoms with Crippen molar-refractivity contribution in [1.82, 2.24) is 4.90 Å². The number of ether oxygens (including phenoxy) is 1. The van der Waals surface area contributed by atoms with Gasteiger partial charge in [-0.1, -0.05) is 18.0 Å². The van der Waals surface area contributed by atoms with Crippen molar-refractivity contribution in [1.29, 1.82) is 0 Å². The van der Waals surface area contributed by atoms with Crippen LogP contribution in [0.4, 0.5) is 0 Å². The quantitative estimate of drug-likeness (QED) is 0.909. The Morgan fingerprint density at radius 2 is 2.14 bits per heavy atom. The molecule has 2 N–H and O–H groups in total. The Balaban J connectivity index is 1.83. The van der Waals surface area contributed by atoms with Crippen molar-refractivity contribution in [2.45, 2.75) is 32.2 Å². The smallest absolute Gasteiger partial charge is 0.229 e. The molecule has 1 amide bonds. The number of nitrogens with zero attached hydrogens (tertiary/aromatic N) is 1.